The molecule has 0 fully saturated rings. The van der Waals surface area contributed by atoms with E-state index in [0.29, 0.717) is 5.88 Å². The van der Waals surface area contributed by atoms with Gasteiger partial charge in [-0.15, -0.1) is 11.6 Å². The molecule has 13 aromatic carbocycles. The molecular weight excluding hydrogens is 1440 g/mol. The summed E-state index contributed by atoms with van der Waals surface area (Å²) >= 11 is 15.5. The molecule has 96 heavy (non-hydrogen) atoms. The number of aryl methyl sites for hydroxylation is 8. The minimum absolute atomic E-state index is 0.517. The van der Waals surface area contributed by atoms with Gasteiger partial charge in [-0.3, -0.25) is 0 Å². The molecule has 0 radical (unpaired) electrons. The van der Waals surface area contributed by atoms with Crippen LogP contribution in [0.15, 0.2) is 303 Å². The van der Waals surface area contributed by atoms with Gasteiger partial charge in [0, 0.05) is 89.2 Å². The van der Waals surface area contributed by atoms with Crippen LogP contribution in [0.2, 0.25) is 0 Å². The van der Waals surface area contributed by atoms with Crippen LogP contribution in [0.25, 0.3) is 10.8 Å². The van der Waals surface area contributed by atoms with E-state index < -0.39 is 0 Å². The average molecular weight is 1520 g/mol. The standard InChI is InChI=1S/C25H22BrN.C21H20BrN.C21H20ClN.C21H20IN/c1-18-3-10-23(11-4-18)27(24-12-5-19(2)6-13-24)25-14-9-21-8-7-20(17-26)15-22(21)16-25;1-16-6-10-19(11-7-16)23(20-12-8-17(2)9-13-20)21-5-3-4-18(14-21)15-22;1-16-6-3-9-19(12-16)23(20-10-4-7-17(2)13-20)21-11-5-8-18(14-21)15-22;1-16-5-3-7-20(13-16)23(21-8-4-6-17(2)14-21)19-11-9-18(15-22)10-12-19/h3-16H,17H2,1-2H3;3*3-14H,15H2,1-2H3. The van der Waals surface area contributed by atoms with Gasteiger partial charge >= 0.3 is 0 Å². The Morgan fingerprint density at radius 1 is 0.240 bits per heavy atom. The lowest BCUT2D eigenvalue weighted by Crippen LogP contribution is -2.10. The Labute approximate surface area is 605 Å². The highest BCUT2D eigenvalue weighted by Crippen LogP contribution is 2.40. The van der Waals surface area contributed by atoms with E-state index in [0.717, 1.165) is 37.7 Å². The Balaban J connectivity index is 0.000000140. The van der Waals surface area contributed by atoms with E-state index in [1.807, 2.05) is 0 Å². The summed E-state index contributed by atoms with van der Waals surface area (Å²) in [6.45, 7) is 17.0. The predicted molar refractivity (Wildman–Crippen MR) is 432 cm³/mol. The van der Waals surface area contributed by atoms with Crippen molar-refractivity contribution in [1.82, 2.24) is 0 Å². The third-order valence-corrected chi connectivity index (χ3v) is 19.0. The lowest BCUT2D eigenvalue weighted by Gasteiger charge is -2.26. The largest absolute Gasteiger partial charge is 0.310 e. The van der Waals surface area contributed by atoms with Crippen molar-refractivity contribution in [3.63, 3.8) is 0 Å². The van der Waals surface area contributed by atoms with Gasteiger partial charge in [-0.2, -0.15) is 0 Å². The van der Waals surface area contributed by atoms with E-state index in [4.69, 9.17) is 11.6 Å². The van der Waals surface area contributed by atoms with Gasteiger partial charge in [0.05, 0.1) is 0 Å². The summed E-state index contributed by atoms with van der Waals surface area (Å²) in [5.41, 5.74) is 29.2. The summed E-state index contributed by atoms with van der Waals surface area (Å²) in [7, 11) is 0. The molecule has 0 bridgehead atoms. The van der Waals surface area contributed by atoms with Crippen LogP contribution in [0.3, 0.4) is 0 Å². The quantitative estimate of drug-likeness (QED) is 0.0706. The van der Waals surface area contributed by atoms with Gasteiger partial charge < -0.3 is 19.6 Å². The maximum atomic E-state index is 6.03. The van der Waals surface area contributed by atoms with Gasteiger partial charge in [0.1, 0.15) is 0 Å². The summed E-state index contributed by atoms with van der Waals surface area (Å²) < 4.78 is 1.03. The second kappa shape index (κ2) is 34.3. The van der Waals surface area contributed by atoms with Crippen LogP contribution in [-0.2, 0) is 21.0 Å². The zero-order chi connectivity index (χ0) is 67.5. The summed E-state index contributed by atoms with van der Waals surface area (Å²) in [5.74, 6) is 0.517. The first-order chi connectivity index (χ1) is 46.6. The summed E-state index contributed by atoms with van der Waals surface area (Å²) in [6.07, 6.45) is 0. The van der Waals surface area contributed by atoms with E-state index in [2.05, 4.69) is 433 Å². The van der Waals surface area contributed by atoms with Gasteiger partial charge in [-0.05, 0) is 256 Å². The molecule has 0 saturated heterocycles. The number of fused-ring (bicyclic) bond motifs is 1. The molecule has 4 nitrogen and oxygen atoms in total. The first-order valence-electron chi connectivity index (χ1n) is 32.4. The van der Waals surface area contributed by atoms with E-state index in [1.54, 1.807) is 0 Å². The zero-order valence-corrected chi connectivity index (χ0v) is 62.1. The van der Waals surface area contributed by atoms with Crippen LogP contribution in [0, 0.1) is 55.4 Å². The summed E-state index contributed by atoms with van der Waals surface area (Å²) in [4.78, 5) is 9.21. The van der Waals surface area contributed by atoms with Crippen LogP contribution < -0.4 is 19.6 Å². The molecule has 13 aromatic rings. The lowest BCUT2D eigenvalue weighted by molar-refractivity contribution is 1.25. The van der Waals surface area contributed by atoms with Gasteiger partial charge in [-0.1, -0.05) is 234 Å². The first-order valence-corrected chi connectivity index (χ1v) is 36.7. The third kappa shape index (κ3) is 18.9. The van der Waals surface area contributed by atoms with Crippen molar-refractivity contribution in [2.24, 2.45) is 0 Å². The van der Waals surface area contributed by atoms with E-state index in [1.165, 1.54) is 123 Å². The van der Waals surface area contributed by atoms with Crippen molar-refractivity contribution in [2.75, 3.05) is 19.6 Å². The Morgan fingerprint density at radius 3 is 0.844 bits per heavy atom. The van der Waals surface area contributed by atoms with Gasteiger partial charge in [0.25, 0.3) is 0 Å². The minimum Gasteiger partial charge on any atom is -0.310 e. The third-order valence-electron chi connectivity index (χ3n) is 16.5. The Hall–Kier alpha value is -8.70. The van der Waals surface area contributed by atoms with E-state index in [-0.39, 0.29) is 0 Å². The van der Waals surface area contributed by atoms with Crippen molar-refractivity contribution < 1.29 is 0 Å². The SMILES string of the molecule is Cc1ccc(N(c2ccc(C)cc2)c2ccc3ccc(CBr)cc3c2)cc1.Cc1ccc(N(c2ccc(C)cc2)c2cccc(CBr)c2)cc1.Cc1cccc(N(c2ccc(CI)cc2)c2cccc(C)c2)c1.Cc1cccc(N(c2cccc(C)c2)c2cccc(CCl)c2)c1. The molecule has 482 valence electrons. The molecule has 0 amide bonds. The number of hydrogen-bond acceptors (Lipinski definition) is 4. The molecule has 0 saturated carbocycles. The number of rotatable bonds is 16. The smallest absolute Gasteiger partial charge is 0.0474 e. The molecule has 0 N–H and O–H groups in total. The number of halogens is 4. The molecule has 0 spiro atoms. The second-order valence-electron chi connectivity index (χ2n) is 24.4. The van der Waals surface area contributed by atoms with Gasteiger partial charge in [-0.25, -0.2) is 0 Å². The monoisotopic (exact) mass is 1510 g/mol. The Bertz CT molecular complexity index is 4450. The molecule has 0 atom stereocenters. The van der Waals surface area contributed by atoms with Crippen LogP contribution >= 0.6 is 66.1 Å². The number of benzene rings is 13. The highest BCUT2D eigenvalue weighted by molar-refractivity contribution is 14.1. The fourth-order valence-electron chi connectivity index (χ4n) is 11.4. The predicted octanol–water partition coefficient (Wildman–Crippen LogP) is 27.7. The van der Waals surface area contributed by atoms with Crippen molar-refractivity contribution in [2.45, 2.75) is 76.4 Å². The zero-order valence-electron chi connectivity index (χ0n) is 56.0. The van der Waals surface area contributed by atoms with E-state index >= 15 is 0 Å². The minimum atomic E-state index is 0.517. The van der Waals surface area contributed by atoms with Crippen LogP contribution in [0.1, 0.15) is 66.8 Å². The Morgan fingerprint density at radius 2 is 0.500 bits per heavy atom. The summed E-state index contributed by atoms with van der Waals surface area (Å²) in [5, 5.41) is 4.24. The molecule has 0 heterocycles. The van der Waals surface area contributed by atoms with Gasteiger partial charge in [0.15, 0.2) is 0 Å². The first kappa shape index (κ1) is 70.1. The van der Waals surface area contributed by atoms with Crippen molar-refractivity contribution >= 4 is 145 Å². The summed E-state index contributed by atoms with van der Waals surface area (Å²) in [6, 6.07) is 108. The molecule has 8 heteroatoms. The lowest BCUT2D eigenvalue weighted by atomic mass is 10.1. The number of alkyl halides is 4. The molecule has 0 unspecified atom stereocenters. The molecule has 0 aliphatic rings. The maximum absolute atomic E-state index is 6.03. The number of hydrogen-bond donors (Lipinski definition) is 0. The molecule has 13 rings (SSSR count). The van der Waals surface area contributed by atoms with Crippen molar-refractivity contribution in [1.29, 1.82) is 0 Å². The average Bonchev–Trinajstić information content (AvgIpc) is 0.867. The molecule has 0 aliphatic heterocycles. The molecule has 0 aromatic heterocycles. The highest BCUT2D eigenvalue weighted by Gasteiger charge is 2.18. The second-order valence-corrected chi connectivity index (χ2v) is 26.6. The molecule has 0 aliphatic carbocycles. The van der Waals surface area contributed by atoms with Crippen molar-refractivity contribution in [3.05, 3.63) is 370 Å². The van der Waals surface area contributed by atoms with Crippen LogP contribution in [-0.4, -0.2) is 0 Å². The van der Waals surface area contributed by atoms with Crippen LogP contribution in [0.4, 0.5) is 68.2 Å². The van der Waals surface area contributed by atoms with Gasteiger partial charge in [0.2, 0.25) is 0 Å². The number of anilines is 12. The Kier molecular flexibility index (Phi) is 25.1. The van der Waals surface area contributed by atoms with Crippen LogP contribution in [0.5, 0.6) is 0 Å². The fourth-order valence-corrected chi connectivity index (χ4v) is 12.8. The molecular formula is C88H82Br2ClIN4. The highest BCUT2D eigenvalue weighted by atomic mass is 127. The topological polar surface area (TPSA) is 13.0 Å². The fraction of sp³-hybridized carbons (Fsp3) is 0.136. The number of nitrogens with zero attached hydrogens (tertiary/aromatic N) is 4. The normalized spacial score (nSPS) is 10.7. The van der Waals surface area contributed by atoms with E-state index in [9.17, 15) is 0 Å². The maximum Gasteiger partial charge on any atom is 0.0474 e. The van der Waals surface area contributed by atoms with Crippen molar-refractivity contribution in [3.8, 4) is 0 Å².